The maximum absolute atomic E-state index is 12.8. The Bertz CT molecular complexity index is 1360. The van der Waals surface area contributed by atoms with Crippen LogP contribution in [0.3, 0.4) is 0 Å². The molecule has 0 fully saturated rings. The fourth-order valence-corrected chi connectivity index (χ4v) is 3.30. The fraction of sp³-hybridized carbons (Fsp3) is 0.0741. The SMILES string of the molecule is Cc1ccc(=O)n(CC(=O)Nc2ccc(C(=O)Nc3ccccc3Oc3ccccc3)cc2)c1. The number of hydrogen-bond acceptors (Lipinski definition) is 4. The first kappa shape index (κ1) is 22.5. The van der Waals surface area contributed by atoms with Gasteiger partial charge < -0.3 is 19.9 Å². The van der Waals surface area contributed by atoms with Gasteiger partial charge in [0.25, 0.3) is 11.5 Å². The number of hydrogen-bond donors (Lipinski definition) is 2. The van der Waals surface area contributed by atoms with Gasteiger partial charge in [0.05, 0.1) is 5.69 Å². The molecule has 170 valence electrons. The van der Waals surface area contributed by atoms with Crippen LogP contribution in [0, 0.1) is 6.92 Å². The lowest BCUT2D eigenvalue weighted by Crippen LogP contribution is -2.26. The van der Waals surface area contributed by atoms with Gasteiger partial charge in [-0.2, -0.15) is 0 Å². The van der Waals surface area contributed by atoms with Gasteiger partial charge in [-0.25, -0.2) is 0 Å². The highest BCUT2D eigenvalue weighted by Crippen LogP contribution is 2.29. The van der Waals surface area contributed by atoms with Crippen molar-refractivity contribution < 1.29 is 14.3 Å². The third kappa shape index (κ3) is 5.77. The molecule has 7 heteroatoms. The first-order valence-electron chi connectivity index (χ1n) is 10.7. The van der Waals surface area contributed by atoms with Crippen LogP contribution in [0.4, 0.5) is 11.4 Å². The third-order valence-corrected chi connectivity index (χ3v) is 4.98. The molecule has 0 aliphatic heterocycles. The molecule has 3 aromatic carbocycles. The number of benzene rings is 3. The van der Waals surface area contributed by atoms with Gasteiger partial charge in [-0.15, -0.1) is 0 Å². The Morgan fingerprint density at radius 1 is 0.824 bits per heavy atom. The zero-order valence-corrected chi connectivity index (χ0v) is 18.5. The van der Waals surface area contributed by atoms with Crippen LogP contribution in [-0.2, 0) is 11.3 Å². The number of carbonyl (C=O) groups is 2. The van der Waals surface area contributed by atoms with E-state index in [1.165, 1.54) is 10.6 Å². The molecule has 0 spiro atoms. The van der Waals surface area contributed by atoms with Gasteiger partial charge in [0.2, 0.25) is 5.91 Å². The van der Waals surface area contributed by atoms with Crippen LogP contribution in [0.5, 0.6) is 11.5 Å². The summed E-state index contributed by atoms with van der Waals surface area (Å²) in [6.07, 6.45) is 1.63. The van der Waals surface area contributed by atoms with Crippen molar-refractivity contribution in [3.8, 4) is 11.5 Å². The minimum Gasteiger partial charge on any atom is -0.455 e. The molecule has 34 heavy (non-hydrogen) atoms. The molecule has 4 rings (SSSR count). The molecule has 0 unspecified atom stereocenters. The molecule has 1 heterocycles. The minimum absolute atomic E-state index is 0.0963. The number of ether oxygens (including phenoxy) is 1. The number of para-hydroxylation sites is 3. The maximum Gasteiger partial charge on any atom is 0.255 e. The van der Waals surface area contributed by atoms with Gasteiger partial charge in [-0.3, -0.25) is 14.4 Å². The Morgan fingerprint density at radius 2 is 1.53 bits per heavy atom. The van der Waals surface area contributed by atoms with Crippen molar-refractivity contribution in [1.82, 2.24) is 4.57 Å². The van der Waals surface area contributed by atoms with Gasteiger partial charge in [0.15, 0.2) is 5.75 Å². The Morgan fingerprint density at radius 3 is 2.29 bits per heavy atom. The maximum atomic E-state index is 12.8. The standard InChI is InChI=1S/C27H23N3O4/c1-19-11-16-26(32)30(17-19)18-25(31)28-21-14-12-20(13-15-21)27(33)29-23-9-5-6-10-24(23)34-22-7-3-2-4-8-22/h2-17H,18H2,1H3,(H,28,31)(H,29,33). The van der Waals surface area contributed by atoms with E-state index in [4.69, 9.17) is 4.74 Å². The van der Waals surface area contributed by atoms with Crippen LogP contribution in [0.1, 0.15) is 15.9 Å². The minimum atomic E-state index is -0.336. The number of nitrogens with zero attached hydrogens (tertiary/aromatic N) is 1. The molecule has 0 saturated carbocycles. The first-order valence-corrected chi connectivity index (χ1v) is 10.7. The highest BCUT2D eigenvalue weighted by atomic mass is 16.5. The van der Waals surface area contributed by atoms with Crippen molar-refractivity contribution in [2.24, 2.45) is 0 Å². The summed E-state index contributed by atoms with van der Waals surface area (Å²) in [5, 5.41) is 5.60. The van der Waals surface area contributed by atoms with Crippen molar-refractivity contribution in [1.29, 1.82) is 0 Å². The normalized spacial score (nSPS) is 10.4. The summed E-state index contributed by atoms with van der Waals surface area (Å²) in [6, 6.07) is 26.1. The molecule has 0 atom stereocenters. The lowest BCUT2D eigenvalue weighted by atomic mass is 10.2. The van der Waals surface area contributed by atoms with E-state index in [9.17, 15) is 14.4 Å². The van der Waals surface area contributed by atoms with E-state index >= 15 is 0 Å². The average Bonchev–Trinajstić information content (AvgIpc) is 2.84. The van der Waals surface area contributed by atoms with Gasteiger partial charge in [-0.1, -0.05) is 36.4 Å². The van der Waals surface area contributed by atoms with Crippen molar-refractivity contribution in [3.05, 3.63) is 119 Å². The Labute approximate surface area is 196 Å². The Hall–Kier alpha value is -4.65. The second kappa shape index (κ2) is 10.3. The van der Waals surface area contributed by atoms with Crippen molar-refractivity contribution in [2.45, 2.75) is 13.5 Å². The Balaban J connectivity index is 1.39. The predicted molar refractivity (Wildman–Crippen MR) is 131 cm³/mol. The van der Waals surface area contributed by atoms with Gasteiger partial charge >= 0.3 is 0 Å². The number of nitrogens with one attached hydrogen (secondary N) is 2. The molecule has 0 radical (unpaired) electrons. The predicted octanol–water partition coefficient (Wildman–Crippen LogP) is 4.84. The molecule has 7 nitrogen and oxygen atoms in total. The Kier molecular flexibility index (Phi) is 6.84. The number of amides is 2. The zero-order chi connectivity index (χ0) is 23.9. The lowest BCUT2D eigenvalue weighted by Gasteiger charge is -2.12. The summed E-state index contributed by atoms with van der Waals surface area (Å²) < 4.78 is 7.24. The monoisotopic (exact) mass is 453 g/mol. The fourth-order valence-electron chi connectivity index (χ4n) is 3.30. The van der Waals surface area contributed by atoms with E-state index in [1.807, 2.05) is 49.4 Å². The van der Waals surface area contributed by atoms with Crippen molar-refractivity contribution in [2.75, 3.05) is 10.6 Å². The molecule has 4 aromatic rings. The molecular weight excluding hydrogens is 430 g/mol. The zero-order valence-electron chi connectivity index (χ0n) is 18.5. The molecule has 0 bridgehead atoms. The summed E-state index contributed by atoms with van der Waals surface area (Å²) in [4.78, 5) is 37.0. The van der Waals surface area contributed by atoms with E-state index in [0.29, 0.717) is 28.4 Å². The number of carbonyl (C=O) groups excluding carboxylic acids is 2. The van der Waals surface area contributed by atoms with Gasteiger partial charge in [0.1, 0.15) is 12.3 Å². The van der Waals surface area contributed by atoms with Crippen LogP contribution in [0.2, 0.25) is 0 Å². The molecular formula is C27H23N3O4. The number of rotatable bonds is 7. The number of pyridine rings is 1. The van der Waals surface area contributed by atoms with E-state index in [-0.39, 0.29) is 23.9 Å². The average molecular weight is 453 g/mol. The molecule has 2 N–H and O–H groups in total. The van der Waals surface area contributed by atoms with Crippen LogP contribution >= 0.6 is 0 Å². The quantitative estimate of drug-likeness (QED) is 0.419. The van der Waals surface area contributed by atoms with E-state index in [0.717, 1.165) is 5.56 Å². The smallest absolute Gasteiger partial charge is 0.255 e. The van der Waals surface area contributed by atoms with Gasteiger partial charge in [0, 0.05) is 23.5 Å². The van der Waals surface area contributed by atoms with Crippen molar-refractivity contribution in [3.63, 3.8) is 0 Å². The summed E-state index contributed by atoms with van der Waals surface area (Å²) >= 11 is 0. The molecule has 2 amide bonds. The van der Waals surface area contributed by atoms with Crippen LogP contribution in [0.15, 0.2) is 102 Å². The van der Waals surface area contributed by atoms with Gasteiger partial charge in [-0.05, 0) is 61.0 Å². The third-order valence-electron chi connectivity index (χ3n) is 4.98. The van der Waals surface area contributed by atoms with Crippen LogP contribution < -0.4 is 20.9 Å². The van der Waals surface area contributed by atoms with Crippen LogP contribution in [-0.4, -0.2) is 16.4 Å². The molecule has 1 aromatic heterocycles. The molecule has 0 aliphatic rings. The summed E-state index contributed by atoms with van der Waals surface area (Å²) in [5.74, 6) is 0.541. The first-order chi connectivity index (χ1) is 16.5. The summed E-state index contributed by atoms with van der Waals surface area (Å²) in [6.45, 7) is 1.75. The highest BCUT2D eigenvalue weighted by molar-refractivity contribution is 6.05. The number of aryl methyl sites for hydroxylation is 1. The van der Waals surface area contributed by atoms with E-state index in [2.05, 4.69) is 10.6 Å². The second-order valence-electron chi connectivity index (χ2n) is 7.66. The van der Waals surface area contributed by atoms with E-state index in [1.54, 1.807) is 48.7 Å². The van der Waals surface area contributed by atoms with Crippen LogP contribution in [0.25, 0.3) is 0 Å². The largest absolute Gasteiger partial charge is 0.455 e. The summed E-state index contributed by atoms with van der Waals surface area (Å²) in [5.41, 5.74) is 2.12. The highest BCUT2D eigenvalue weighted by Gasteiger charge is 2.11. The second-order valence-corrected chi connectivity index (χ2v) is 7.66. The van der Waals surface area contributed by atoms with E-state index < -0.39 is 0 Å². The summed E-state index contributed by atoms with van der Waals surface area (Å²) in [7, 11) is 0. The lowest BCUT2D eigenvalue weighted by molar-refractivity contribution is -0.116. The number of aromatic nitrogens is 1. The molecule has 0 saturated heterocycles. The number of anilines is 2. The topological polar surface area (TPSA) is 89.4 Å². The van der Waals surface area contributed by atoms with Crippen molar-refractivity contribution >= 4 is 23.2 Å². The molecule has 0 aliphatic carbocycles.